The standard InChI is InChI=1S/C17H29N3S/c1-13(12-21-4)20(3)17(11-18)15-7-8-16-14(10-15)6-5-9-19(16)2/h7-8,10,13,17H,5-6,9,11-12,18H2,1-4H3. The lowest BCUT2D eigenvalue weighted by Gasteiger charge is -2.34. The van der Waals surface area contributed by atoms with E-state index in [0.29, 0.717) is 18.6 Å². The number of hydrogen-bond acceptors (Lipinski definition) is 4. The summed E-state index contributed by atoms with van der Waals surface area (Å²) in [5, 5.41) is 0. The Morgan fingerprint density at radius 2 is 2.19 bits per heavy atom. The van der Waals surface area contributed by atoms with E-state index < -0.39 is 0 Å². The number of hydrogen-bond donors (Lipinski definition) is 1. The number of likely N-dealkylation sites (N-methyl/N-ethyl adjacent to an activating group) is 1. The first kappa shape index (κ1) is 16.7. The third kappa shape index (κ3) is 3.74. The molecule has 0 saturated carbocycles. The number of fused-ring (bicyclic) bond motifs is 1. The molecule has 0 bridgehead atoms. The minimum Gasteiger partial charge on any atom is -0.374 e. The molecule has 0 saturated heterocycles. The van der Waals surface area contributed by atoms with Crippen LogP contribution in [0.25, 0.3) is 0 Å². The van der Waals surface area contributed by atoms with Gasteiger partial charge in [0.15, 0.2) is 0 Å². The second-order valence-electron chi connectivity index (χ2n) is 6.13. The summed E-state index contributed by atoms with van der Waals surface area (Å²) in [5.41, 5.74) is 10.3. The lowest BCUT2D eigenvalue weighted by atomic mass is 9.95. The van der Waals surface area contributed by atoms with Crippen molar-refractivity contribution in [1.82, 2.24) is 4.90 Å². The van der Waals surface area contributed by atoms with Gasteiger partial charge in [-0.25, -0.2) is 0 Å². The van der Waals surface area contributed by atoms with Crippen molar-refractivity contribution in [1.29, 1.82) is 0 Å². The molecule has 118 valence electrons. The highest BCUT2D eigenvalue weighted by molar-refractivity contribution is 7.98. The van der Waals surface area contributed by atoms with Crippen molar-refractivity contribution in [3.8, 4) is 0 Å². The molecule has 1 heterocycles. The Balaban J connectivity index is 2.22. The molecule has 1 aliphatic heterocycles. The van der Waals surface area contributed by atoms with Gasteiger partial charge in [0.1, 0.15) is 0 Å². The summed E-state index contributed by atoms with van der Waals surface area (Å²) in [7, 11) is 4.38. The van der Waals surface area contributed by atoms with Gasteiger partial charge in [-0.15, -0.1) is 0 Å². The fraction of sp³-hybridized carbons (Fsp3) is 0.647. The molecule has 0 aromatic heterocycles. The highest BCUT2D eigenvalue weighted by Gasteiger charge is 2.22. The van der Waals surface area contributed by atoms with Crippen molar-refractivity contribution < 1.29 is 0 Å². The van der Waals surface area contributed by atoms with Gasteiger partial charge in [0.2, 0.25) is 0 Å². The van der Waals surface area contributed by atoms with Crippen LogP contribution in [0.15, 0.2) is 18.2 Å². The Kier molecular flexibility index (Phi) is 5.97. The van der Waals surface area contributed by atoms with Gasteiger partial charge < -0.3 is 10.6 Å². The summed E-state index contributed by atoms with van der Waals surface area (Å²) < 4.78 is 0. The smallest absolute Gasteiger partial charge is 0.0470 e. The van der Waals surface area contributed by atoms with Crippen LogP contribution >= 0.6 is 11.8 Å². The fourth-order valence-corrected chi connectivity index (χ4v) is 3.93. The first-order chi connectivity index (χ1) is 10.1. The monoisotopic (exact) mass is 307 g/mol. The van der Waals surface area contributed by atoms with Crippen LogP contribution in [0.3, 0.4) is 0 Å². The molecule has 3 nitrogen and oxygen atoms in total. The summed E-state index contributed by atoms with van der Waals surface area (Å²) in [4.78, 5) is 4.78. The van der Waals surface area contributed by atoms with Gasteiger partial charge in [0.05, 0.1) is 0 Å². The van der Waals surface area contributed by atoms with Crippen molar-refractivity contribution in [3.63, 3.8) is 0 Å². The second kappa shape index (κ2) is 7.52. The van der Waals surface area contributed by atoms with E-state index in [1.54, 1.807) is 0 Å². The number of nitrogens with two attached hydrogens (primary N) is 1. The summed E-state index contributed by atoms with van der Waals surface area (Å²) in [6.07, 6.45) is 4.60. The van der Waals surface area contributed by atoms with Gasteiger partial charge in [-0.2, -0.15) is 11.8 Å². The molecule has 21 heavy (non-hydrogen) atoms. The van der Waals surface area contributed by atoms with Crippen LogP contribution in [0.5, 0.6) is 0 Å². The molecule has 2 N–H and O–H groups in total. The summed E-state index contributed by atoms with van der Waals surface area (Å²) >= 11 is 1.90. The van der Waals surface area contributed by atoms with Gasteiger partial charge >= 0.3 is 0 Å². The minimum atomic E-state index is 0.310. The van der Waals surface area contributed by atoms with Crippen molar-refractivity contribution in [2.24, 2.45) is 5.73 Å². The minimum absolute atomic E-state index is 0.310. The van der Waals surface area contributed by atoms with Gasteiger partial charge in [-0.1, -0.05) is 12.1 Å². The maximum Gasteiger partial charge on any atom is 0.0470 e. The molecule has 4 heteroatoms. The Hall–Kier alpha value is -0.710. The summed E-state index contributed by atoms with van der Waals surface area (Å²) in [6, 6.07) is 7.77. The molecule has 2 rings (SSSR count). The van der Waals surface area contributed by atoms with Crippen molar-refractivity contribution in [3.05, 3.63) is 29.3 Å². The van der Waals surface area contributed by atoms with Gasteiger partial charge in [0, 0.05) is 43.7 Å². The Labute approximate surface area is 133 Å². The molecule has 0 radical (unpaired) electrons. The van der Waals surface area contributed by atoms with Crippen molar-refractivity contribution in [2.45, 2.75) is 31.8 Å². The first-order valence-corrected chi connectivity index (χ1v) is 9.22. The van der Waals surface area contributed by atoms with E-state index in [9.17, 15) is 0 Å². The lowest BCUT2D eigenvalue weighted by Crippen LogP contribution is -2.38. The largest absolute Gasteiger partial charge is 0.374 e. The number of nitrogens with zero attached hydrogens (tertiary/aromatic N) is 2. The first-order valence-electron chi connectivity index (χ1n) is 7.83. The van der Waals surface area contributed by atoms with Crippen molar-refractivity contribution >= 4 is 17.4 Å². The van der Waals surface area contributed by atoms with Crippen LogP contribution in [-0.2, 0) is 6.42 Å². The average Bonchev–Trinajstić information content (AvgIpc) is 2.48. The predicted octanol–water partition coefficient (Wildman–Crippen LogP) is 2.75. The third-order valence-electron chi connectivity index (χ3n) is 4.66. The number of anilines is 1. The van der Waals surface area contributed by atoms with E-state index in [-0.39, 0.29) is 0 Å². The number of aryl methyl sites for hydroxylation is 1. The Bertz CT molecular complexity index is 463. The number of benzene rings is 1. The zero-order chi connectivity index (χ0) is 15.4. The zero-order valence-corrected chi connectivity index (χ0v) is 14.6. The Morgan fingerprint density at radius 1 is 1.43 bits per heavy atom. The van der Waals surface area contributed by atoms with E-state index in [2.05, 4.69) is 55.3 Å². The summed E-state index contributed by atoms with van der Waals surface area (Å²) in [6.45, 7) is 4.12. The third-order valence-corrected chi connectivity index (χ3v) is 5.47. The SMILES string of the molecule is CSCC(C)N(C)C(CN)c1ccc2c(c1)CCCN2C. The van der Waals surface area contributed by atoms with Crippen molar-refractivity contribution in [2.75, 3.05) is 44.1 Å². The van der Waals surface area contributed by atoms with E-state index in [0.717, 1.165) is 12.3 Å². The van der Waals surface area contributed by atoms with E-state index in [1.165, 1.54) is 29.7 Å². The van der Waals surface area contributed by atoms with Crippen LogP contribution in [-0.4, -0.2) is 50.1 Å². The molecule has 1 aromatic rings. The second-order valence-corrected chi connectivity index (χ2v) is 7.05. The maximum absolute atomic E-state index is 6.08. The predicted molar refractivity (Wildman–Crippen MR) is 95.4 cm³/mol. The molecule has 0 spiro atoms. The molecule has 2 atom stereocenters. The average molecular weight is 308 g/mol. The van der Waals surface area contributed by atoms with Crippen LogP contribution in [0.2, 0.25) is 0 Å². The van der Waals surface area contributed by atoms with Crippen LogP contribution in [0.1, 0.15) is 30.5 Å². The van der Waals surface area contributed by atoms with Crippen LogP contribution in [0, 0.1) is 0 Å². The zero-order valence-electron chi connectivity index (χ0n) is 13.8. The lowest BCUT2D eigenvalue weighted by molar-refractivity contribution is 0.204. The summed E-state index contributed by atoms with van der Waals surface area (Å²) in [5.74, 6) is 1.14. The number of thioether (sulfide) groups is 1. The van der Waals surface area contributed by atoms with Crippen LogP contribution < -0.4 is 10.6 Å². The highest BCUT2D eigenvalue weighted by atomic mass is 32.2. The Morgan fingerprint density at radius 3 is 2.86 bits per heavy atom. The maximum atomic E-state index is 6.08. The van der Waals surface area contributed by atoms with E-state index >= 15 is 0 Å². The van der Waals surface area contributed by atoms with Crippen LogP contribution in [0.4, 0.5) is 5.69 Å². The molecule has 1 aliphatic rings. The molecule has 0 amide bonds. The van der Waals surface area contributed by atoms with Gasteiger partial charge in [0.25, 0.3) is 0 Å². The normalized spacial score (nSPS) is 17.7. The molecule has 0 aliphatic carbocycles. The van der Waals surface area contributed by atoms with E-state index in [1.807, 2.05) is 11.8 Å². The topological polar surface area (TPSA) is 32.5 Å². The van der Waals surface area contributed by atoms with Gasteiger partial charge in [-0.05, 0) is 50.3 Å². The molecule has 0 fully saturated rings. The van der Waals surface area contributed by atoms with Gasteiger partial charge in [-0.3, -0.25) is 4.90 Å². The molecular weight excluding hydrogens is 278 g/mol. The molecule has 2 unspecified atom stereocenters. The molecular formula is C17H29N3S. The molecule has 1 aromatic carbocycles. The highest BCUT2D eigenvalue weighted by Crippen LogP contribution is 2.30. The fourth-order valence-electron chi connectivity index (χ4n) is 3.22. The quantitative estimate of drug-likeness (QED) is 0.876. The van der Waals surface area contributed by atoms with E-state index in [4.69, 9.17) is 5.73 Å². The number of rotatable bonds is 6.